The molecule has 4 N–H and O–H groups in total. The molecule has 200 valence electrons. The molecule has 0 saturated heterocycles. The van der Waals surface area contributed by atoms with Crippen LogP contribution in [0.15, 0.2) is 103 Å². The monoisotopic (exact) mass is 540 g/mol. The van der Waals surface area contributed by atoms with Crippen LogP contribution in [0, 0.1) is 0 Å². The maximum atomic E-state index is 12.9. The van der Waals surface area contributed by atoms with Crippen molar-refractivity contribution in [2.24, 2.45) is 0 Å². The molecular weight excluding hydrogens is 516 g/mol. The van der Waals surface area contributed by atoms with Gasteiger partial charge in [0.1, 0.15) is 17.1 Å². The number of hydrogen-bond acceptors (Lipinski definition) is 7. The quantitative estimate of drug-likeness (QED) is 0.237. The summed E-state index contributed by atoms with van der Waals surface area (Å²) in [6, 6.07) is 29.2. The smallest absolute Gasteiger partial charge is 0.251 e. The molecule has 0 fully saturated rings. The van der Waals surface area contributed by atoms with Gasteiger partial charge < -0.3 is 16.2 Å². The van der Waals surface area contributed by atoms with Gasteiger partial charge in [0.2, 0.25) is 0 Å². The number of aromatic nitrogens is 4. The average molecular weight is 541 g/mol. The number of nitrogen functional groups attached to an aromatic ring is 1. The number of carbonyl (C=O) groups excluding carboxylic acids is 2. The maximum Gasteiger partial charge on any atom is 0.251 e. The van der Waals surface area contributed by atoms with E-state index in [1.165, 1.54) is 12.1 Å². The highest BCUT2D eigenvalue weighted by Crippen LogP contribution is 2.31. The highest BCUT2D eigenvalue weighted by Gasteiger charge is 2.19. The first-order valence-corrected chi connectivity index (χ1v) is 12.8. The molecule has 0 bridgehead atoms. The van der Waals surface area contributed by atoms with Gasteiger partial charge in [0.15, 0.2) is 17.8 Å². The molecule has 9 heteroatoms. The third kappa shape index (κ3) is 4.99. The van der Waals surface area contributed by atoms with Gasteiger partial charge in [-0.2, -0.15) is 0 Å². The molecular formula is C32H24N6O3. The second kappa shape index (κ2) is 10.7. The van der Waals surface area contributed by atoms with E-state index in [0.29, 0.717) is 45.8 Å². The summed E-state index contributed by atoms with van der Waals surface area (Å²) in [4.78, 5) is 37.9. The Balaban J connectivity index is 1.36. The fourth-order valence-corrected chi connectivity index (χ4v) is 4.60. The number of hydrogen-bond donors (Lipinski definition) is 3. The molecule has 3 aromatic heterocycles. The number of aldehydes is 1. The van der Waals surface area contributed by atoms with Crippen LogP contribution in [0.5, 0.6) is 5.75 Å². The van der Waals surface area contributed by atoms with Gasteiger partial charge in [-0.1, -0.05) is 36.4 Å². The zero-order valence-electron chi connectivity index (χ0n) is 21.7. The lowest BCUT2D eigenvalue weighted by molar-refractivity contribution is 0.0950. The van der Waals surface area contributed by atoms with Crippen molar-refractivity contribution in [2.75, 3.05) is 5.73 Å². The van der Waals surface area contributed by atoms with Crippen LogP contribution in [-0.4, -0.2) is 36.8 Å². The summed E-state index contributed by atoms with van der Waals surface area (Å²) in [5.74, 6) is 0.514. The van der Waals surface area contributed by atoms with Gasteiger partial charge >= 0.3 is 0 Å². The zero-order chi connectivity index (χ0) is 28.3. The highest BCUT2D eigenvalue weighted by molar-refractivity contribution is 5.94. The lowest BCUT2D eigenvalue weighted by atomic mass is 10.1. The van der Waals surface area contributed by atoms with Gasteiger partial charge in [-0.05, 0) is 66.2 Å². The van der Waals surface area contributed by atoms with Gasteiger partial charge in [0.25, 0.3) is 5.91 Å². The van der Waals surface area contributed by atoms with Crippen molar-refractivity contribution < 1.29 is 14.7 Å². The molecule has 0 spiro atoms. The van der Waals surface area contributed by atoms with Crippen LogP contribution in [0.25, 0.3) is 39.5 Å². The third-order valence-corrected chi connectivity index (χ3v) is 6.72. The molecule has 1 amide bonds. The molecule has 3 heterocycles. The first kappa shape index (κ1) is 25.4. The molecule has 0 aliphatic heterocycles. The number of nitrogens with two attached hydrogens (primary N) is 1. The van der Waals surface area contributed by atoms with Crippen molar-refractivity contribution in [1.29, 1.82) is 0 Å². The van der Waals surface area contributed by atoms with Crippen LogP contribution >= 0.6 is 0 Å². The fourth-order valence-electron chi connectivity index (χ4n) is 4.60. The Kier molecular flexibility index (Phi) is 6.67. The minimum atomic E-state index is -0.285. The fraction of sp³-hybridized carbons (Fsp3) is 0.0312. The molecule has 0 atom stereocenters. The summed E-state index contributed by atoms with van der Waals surface area (Å²) < 4.78 is 1.91. The molecule has 9 nitrogen and oxygen atoms in total. The zero-order valence-corrected chi connectivity index (χ0v) is 21.7. The number of phenolic OH excluding ortho intramolecular Hbond substituents is 1. The summed E-state index contributed by atoms with van der Waals surface area (Å²) in [6.07, 6.45) is 2.21. The predicted octanol–water partition coefficient (Wildman–Crippen LogP) is 5.18. The van der Waals surface area contributed by atoms with E-state index in [0.717, 1.165) is 16.9 Å². The Morgan fingerprint density at radius 3 is 2.46 bits per heavy atom. The Morgan fingerprint density at radius 1 is 0.927 bits per heavy atom. The van der Waals surface area contributed by atoms with E-state index in [9.17, 15) is 14.7 Å². The summed E-state index contributed by atoms with van der Waals surface area (Å²) in [6.45, 7) is 0.191. The lowest BCUT2D eigenvalue weighted by Gasteiger charge is -2.12. The Labute approximate surface area is 235 Å². The number of pyridine rings is 2. The van der Waals surface area contributed by atoms with Gasteiger partial charge in [-0.3, -0.25) is 14.2 Å². The van der Waals surface area contributed by atoms with Gasteiger partial charge in [-0.15, -0.1) is 0 Å². The Bertz CT molecular complexity index is 1900. The van der Waals surface area contributed by atoms with Gasteiger partial charge in [-0.25, -0.2) is 15.0 Å². The van der Waals surface area contributed by atoms with Crippen molar-refractivity contribution in [3.8, 4) is 34.1 Å². The van der Waals surface area contributed by atoms with Crippen molar-refractivity contribution in [1.82, 2.24) is 24.8 Å². The van der Waals surface area contributed by atoms with E-state index in [1.807, 2.05) is 65.2 Å². The normalized spacial score (nSPS) is 10.9. The first-order valence-electron chi connectivity index (χ1n) is 12.8. The third-order valence-electron chi connectivity index (χ3n) is 6.72. The number of anilines is 1. The van der Waals surface area contributed by atoms with Crippen LogP contribution in [-0.2, 0) is 6.54 Å². The van der Waals surface area contributed by atoms with E-state index in [4.69, 9.17) is 15.7 Å². The topological polar surface area (TPSA) is 136 Å². The van der Waals surface area contributed by atoms with Gasteiger partial charge in [0, 0.05) is 29.6 Å². The maximum absolute atomic E-state index is 12.9. The van der Waals surface area contributed by atoms with Crippen molar-refractivity contribution in [3.63, 3.8) is 0 Å². The van der Waals surface area contributed by atoms with E-state index < -0.39 is 0 Å². The molecule has 0 saturated carbocycles. The second-order valence-electron chi connectivity index (χ2n) is 9.35. The second-order valence-corrected chi connectivity index (χ2v) is 9.35. The summed E-state index contributed by atoms with van der Waals surface area (Å²) in [5, 5.41) is 12.7. The highest BCUT2D eigenvalue weighted by atomic mass is 16.3. The van der Waals surface area contributed by atoms with Crippen molar-refractivity contribution in [2.45, 2.75) is 6.54 Å². The molecule has 6 aromatic rings. The molecule has 0 unspecified atom stereocenters. The van der Waals surface area contributed by atoms with E-state index in [-0.39, 0.29) is 23.8 Å². The number of benzene rings is 3. The lowest BCUT2D eigenvalue weighted by Crippen LogP contribution is -2.22. The largest absolute Gasteiger partial charge is 0.507 e. The van der Waals surface area contributed by atoms with E-state index in [1.54, 1.807) is 30.5 Å². The number of rotatable bonds is 7. The molecule has 0 radical (unpaired) electrons. The Hall–Kier alpha value is -5.83. The summed E-state index contributed by atoms with van der Waals surface area (Å²) in [5.41, 5.74) is 12.1. The van der Waals surface area contributed by atoms with Crippen LogP contribution in [0.2, 0.25) is 0 Å². The molecule has 41 heavy (non-hydrogen) atoms. The van der Waals surface area contributed by atoms with Crippen LogP contribution < -0.4 is 11.1 Å². The van der Waals surface area contributed by atoms with Gasteiger partial charge in [0.05, 0.1) is 16.8 Å². The molecule has 0 aliphatic carbocycles. The van der Waals surface area contributed by atoms with Crippen molar-refractivity contribution in [3.05, 3.63) is 120 Å². The Morgan fingerprint density at radius 2 is 1.73 bits per heavy atom. The number of amides is 1. The SMILES string of the molecule is Nc1ncccc1-c1nc2ccc(-c3ccccc3)nc2n1-c1ccc(C(=O)NCc2ccc(C=O)c(O)c2)cc1. The molecule has 3 aromatic carbocycles. The molecule has 6 rings (SSSR count). The van der Waals surface area contributed by atoms with Crippen LogP contribution in [0.1, 0.15) is 26.3 Å². The first-order chi connectivity index (χ1) is 20.0. The summed E-state index contributed by atoms with van der Waals surface area (Å²) >= 11 is 0. The van der Waals surface area contributed by atoms with E-state index >= 15 is 0 Å². The summed E-state index contributed by atoms with van der Waals surface area (Å²) in [7, 11) is 0. The number of carbonyl (C=O) groups is 2. The number of phenols is 1. The van der Waals surface area contributed by atoms with E-state index in [2.05, 4.69) is 10.3 Å². The number of nitrogens with one attached hydrogen (secondary N) is 1. The number of imidazole rings is 1. The standard InChI is InChI=1S/C32H24N6O3/c33-29-25(7-4-16-34-29)30-37-27-15-14-26(21-5-2-1-3-6-21)36-31(27)38(30)24-12-10-22(11-13-24)32(41)35-18-20-8-9-23(19-39)28(40)17-20/h1-17,19,40H,18H2,(H2,33,34)(H,35,41). The molecule has 0 aliphatic rings. The number of nitrogens with zero attached hydrogens (tertiary/aromatic N) is 4. The predicted molar refractivity (Wildman–Crippen MR) is 157 cm³/mol. The number of aromatic hydroxyl groups is 1. The average Bonchev–Trinajstić information content (AvgIpc) is 3.39. The number of fused-ring (bicyclic) bond motifs is 1. The minimum Gasteiger partial charge on any atom is -0.507 e. The minimum absolute atomic E-state index is 0.127. The van der Waals surface area contributed by atoms with Crippen molar-refractivity contribution >= 4 is 29.2 Å². The van der Waals surface area contributed by atoms with Crippen LogP contribution in [0.4, 0.5) is 5.82 Å². The van der Waals surface area contributed by atoms with Crippen LogP contribution in [0.3, 0.4) is 0 Å².